The van der Waals surface area contributed by atoms with Crippen molar-refractivity contribution in [2.24, 2.45) is 0 Å². The van der Waals surface area contributed by atoms with E-state index in [0.29, 0.717) is 17.5 Å². The Morgan fingerprint density at radius 1 is 0.316 bits per heavy atom. The van der Waals surface area contributed by atoms with E-state index < -0.39 is 0 Å². The summed E-state index contributed by atoms with van der Waals surface area (Å²) < 4.78 is 15.4. The van der Waals surface area contributed by atoms with Gasteiger partial charge >= 0.3 is 0 Å². The number of furan rings is 2. The minimum Gasteiger partial charge on any atom is -0.456 e. The lowest BCUT2D eigenvalue weighted by molar-refractivity contribution is 0.668. The predicted octanol–water partition coefficient (Wildman–Crippen LogP) is 14.4. The molecule has 6 heteroatoms. The predicted molar refractivity (Wildman–Crippen MR) is 234 cm³/mol. The van der Waals surface area contributed by atoms with Crippen LogP contribution in [0.2, 0.25) is 0 Å². The van der Waals surface area contributed by atoms with Gasteiger partial charge in [-0.3, -0.25) is 0 Å². The highest BCUT2D eigenvalue weighted by molar-refractivity contribution is 7.26. The van der Waals surface area contributed by atoms with Crippen LogP contribution in [0.15, 0.2) is 185 Å². The number of nitrogens with zero attached hydrogens (tertiary/aromatic N) is 3. The summed E-state index contributed by atoms with van der Waals surface area (Å²) in [4.78, 5) is 15.2. The van der Waals surface area contributed by atoms with Gasteiger partial charge in [0.1, 0.15) is 22.3 Å². The third-order valence-electron chi connectivity index (χ3n) is 10.9. The van der Waals surface area contributed by atoms with E-state index in [0.717, 1.165) is 66.1 Å². The Balaban J connectivity index is 1.00. The van der Waals surface area contributed by atoms with E-state index in [4.69, 9.17) is 23.8 Å². The van der Waals surface area contributed by atoms with Gasteiger partial charge in [0.25, 0.3) is 0 Å². The highest BCUT2D eigenvalue weighted by Gasteiger charge is 2.19. The zero-order valence-corrected chi connectivity index (χ0v) is 31.1. The van der Waals surface area contributed by atoms with Gasteiger partial charge < -0.3 is 8.83 Å². The summed E-state index contributed by atoms with van der Waals surface area (Å²) in [5, 5.41) is 6.70. The Bertz CT molecular complexity index is 3530. The fourth-order valence-corrected chi connectivity index (χ4v) is 9.44. The SMILES string of the molecule is c1ccc(-c2nc(-c3ccc4c(c3)oc3ccc(-c5cc(-c6ccccc6)c6c(c5)sc5ccccc56)cc34)nc(-c3cccc4oc5ccccc5c34)n2)cc1. The van der Waals surface area contributed by atoms with Gasteiger partial charge in [-0.1, -0.05) is 121 Å². The van der Waals surface area contributed by atoms with Gasteiger partial charge in [-0.2, -0.15) is 0 Å². The molecule has 57 heavy (non-hydrogen) atoms. The number of rotatable bonds is 5. The van der Waals surface area contributed by atoms with Crippen LogP contribution in [0.4, 0.5) is 0 Å². The first-order valence-electron chi connectivity index (χ1n) is 18.9. The molecule has 0 unspecified atom stereocenters. The van der Waals surface area contributed by atoms with Crippen molar-refractivity contribution in [3.05, 3.63) is 176 Å². The Labute approximate surface area is 330 Å². The van der Waals surface area contributed by atoms with Gasteiger partial charge in [0, 0.05) is 58.4 Å². The first-order chi connectivity index (χ1) is 28.2. The standard InChI is InChI=1S/C51H29N3O2S/c1-3-12-30(13-4-1)39-27-34(29-46-48(39)37-17-8-10-21-45(37)57-46)32-23-25-42-40(26-32)35-24-22-33(28-44(35)56-42)50-52-49(31-14-5-2-6-15-31)53-51(54-50)38-18-11-20-43-47(38)36-16-7-9-19-41(36)55-43/h1-29H. The lowest BCUT2D eigenvalue weighted by atomic mass is 9.94. The van der Waals surface area contributed by atoms with Crippen LogP contribution in [0.3, 0.4) is 0 Å². The molecule has 0 N–H and O–H groups in total. The van der Waals surface area contributed by atoms with E-state index in [1.54, 1.807) is 0 Å². The van der Waals surface area contributed by atoms with Crippen LogP contribution in [0.1, 0.15) is 0 Å². The summed E-state index contributed by atoms with van der Waals surface area (Å²) >= 11 is 1.85. The lowest BCUT2D eigenvalue weighted by Gasteiger charge is -2.10. The van der Waals surface area contributed by atoms with Crippen LogP contribution in [0, 0.1) is 0 Å². The smallest absolute Gasteiger partial charge is 0.164 e. The van der Waals surface area contributed by atoms with E-state index in [1.165, 1.54) is 36.9 Å². The molecule has 5 nitrogen and oxygen atoms in total. The molecule has 0 spiro atoms. The molecule has 4 aromatic heterocycles. The van der Waals surface area contributed by atoms with Crippen molar-refractivity contribution in [2.45, 2.75) is 0 Å². The highest BCUT2D eigenvalue weighted by Crippen LogP contribution is 2.44. The first kappa shape index (κ1) is 31.9. The summed E-state index contributed by atoms with van der Waals surface area (Å²) in [6, 6.07) is 61.0. The van der Waals surface area contributed by atoms with Gasteiger partial charge in [0.2, 0.25) is 0 Å². The van der Waals surface area contributed by atoms with Crippen molar-refractivity contribution in [3.8, 4) is 56.4 Å². The molecule has 4 heterocycles. The summed E-state index contributed by atoms with van der Waals surface area (Å²) in [6.07, 6.45) is 0. The molecule has 0 saturated heterocycles. The van der Waals surface area contributed by atoms with Crippen LogP contribution in [0.5, 0.6) is 0 Å². The van der Waals surface area contributed by atoms with Crippen molar-refractivity contribution >= 4 is 75.4 Å². The van der Waals surface area contributed by atoms with Crippen LogP contribution >= 0.6 is 11.3 Å². The summed E-state index contributed by atoms with van der Waals surface area (Å²) in [5.41, 5.74) is 10.6. The maximum absolute atomic E-state index is 6.55. The molecule has 0 aliphatic rings. The fourth-order valence-electron chi connectivity index (χ4n) is 8.27. The van der Waals surface area contributed by atoms with Gasteiger partial charge in [-0.15, -0.1) is 11.3 Å². The molecule has 0 amide bonds. The molecule has 266 valence electrons. The average molecular weight is 748 g/mol. The average Bonchev–Trinajstić information content (AvgIpc) is 3.97. The second kappa shape index (κ2) is 12.6. The van der Waals surface area contributed by atoms with Crippen LogP contribution < -0.4 is 0 Å². The molecule has 8 aromatic carbocycles. The van der Waals surface area contributed by atoms with Crippen molar-refractivity contribution in [1.29, 1.82) is 0 Å². The number of hydrogen-bond donors (Lipinski definition) is 0. The fraction of sp³-hybridized carbons (Fsp3) is 0. The largest absolute Gasteiger partial charge is 0.456 e. The minimum absolute atomic E-state index is 0.566. The van der Waals surface area contributed by atoms with Crippen LogP contribution in [0.25, 0.3) is 120 Å². The van der Waals surface area contributed by atoms with Crippen molar-refractivity contribution in [1.82, 2.24) is 15.0 Å². The maximum Gasteiger partial charge on any atom is 0.164 e. The third-order valence-corrected chi connectivity index (χ3v) is 12.1. The number of thiophene rings is 1. The van der Waals surface area contributed by atoms with Crippen LogP contribution in [-0.4, -0.2) is 15.0 Å². The zero-order valence-electron chi connectivity index (χ0n) is 30.3. The Morgan fingerprint density at radius 3 is 1.84 bits per heavy atom. The Hall–Kier alpha value is -7.41. The van der Waals surface area contributed by atoms with Crippen molar-refractivity contribution in [3.63, 3.8) is 0 Å². The monoisotopic (exact) mass is 747 g/mol. The van der Waals surface area contributed by atoms with Gasteiger partial charge in [-0.05, 0) is 76.9 Å². The molecular weight excluding hydrogens is 719 g/mol. The highest BCUT2D eigenvalue weighted by atomic mass is 32.1. The molecule has 0 atom stereocenters. The summed E-state index contributed by atoms with van der Waals surface area (Å²) in [6.45, 7) is 0. The van der Waals surface area contributed by atoms with E-state index in [9.17, 15) is 0 Å². The maximum atomic E-state index is 6.55. The molecule has 12 aromatic rings. The second-order valence-electron chi connectivity index (χ2n) is 14.3. The van der Waals surface area contributed by atoms with Crippen LogP contribution in [-0.2, 0) is 0 Å². The third kappa shape index (κ3) is 5.19. The number of hydrogen-bond acceptors (Lipinski definition) is 6. The number of aromatic nitrogens is 3. The molecule has 0 fully saturated rings. The molecule has 12 rings (SSSR count). The summed E-state index contributed by atoms with van der Waals surface area (Å²) in [5.74, 6) is 1.74. The van der Waals surface area contributed by atoms with Crippen molar-refractivity contribution < 1.29 is 8.83 Å². The van der Waals surface area contributed by atoms with Gasteiger partial charge in [0.15, 0.2) is 17.5 Å². The number of fused-ring (bicyclic) bond motifs is 9. The van der Waals surface area contributed by atoms with Gasteiger partial charge in [-0.25, -0.2) is 15.0 Å². The van der Waals surface area contributed by atoms with E-state index in [-0.39, 0.29) is 0 Å². The number of benzene rings is 8. The topological polar surface area (TPSA) is 65.0 Å². The quantitative estimate of drug-likeness (QED) is 0.175. The normalized spacial score (nSPS) is 11.9. The van der Waals surface area contributed by atoms with E-state index >= 15 is 0 Å². The Kier molecular flexibility index (Phi) is 7.03. The minimum atomic E-state index is 0.566. The van der Waals surface area contributed by atoms with Gasteiger partial charge in [0.05, 0.1) is 0 Å². The second-order valence-corrected chi connectivity index (χ2v) is 15.4. The summed E-state index contributed by atoms with van der Waals surface area (Å²) in [7, 11) is 0. The Morgan fingerprint density at radius 2 is 0.982 bits per heavy atom. The molecular formula is C51H29N3O2S. The molecule has 0 aliphatic heterocycles. The molecule has 0 bridgehead atoms. The van der Waals surface area contributed by atoms with E-state index in [1.807, 2.05) is 78.1 Å². The molecule has 0 radical (unpaired) electrons. The van der Waals surface area contributed by atoms with E-state index in [2.05, 4.69) is 109 Å². The lowest BCUT2D eigenvalue weighted by Crippen LogP contribution is -2.00. The number of para-hydroxylation sites is 1. The zero-order chi connectivity index (χ0) is 37.5. The first-order valence-corrected chi connectivity index (χ1v) is 19.7. The molecule has 0 saturated carbocycles. The molecule has 0 aliphatic carbocycles. The van der Waals surface area contributed by atoms with Crippen molar-refractivity contribution in [2.75, 3.05) is 0 Å².